The summed E-state index contributed by atoms with van der Waals surface area (Å²) in [6.07, 6.45) is 0.936. The fourth-order valence-electron chi connectivity index (χ4n) is 3.64. The van der Waals surface area contributed by atoms with Crippen molar-refractivity contribution in [2.24, 2.45) is 0 Å². The number of para-hydroxylation sites is 3. The molecule has 7 nitrogen and oxygen atoms in total. The van der Waals surface area contributed by atoms with Gasteiger partial charge < -0.3 is 10.2 Å². The molecule has 1 aliphatic rings. The SMILES string of the molecule is CON(C)S(=O)(=O)c1cccc(C(=O)Nc2ccccc2N2CCc3ccccc32)c1. The first-order valence-electron chi connectivity index (χ1n) is 9.81. The number of amides is 1. The van der Waals surface area contributed by atoms with E-state index in [0.29, 0.717) is 5.69 Å². The van der Waals surface area contributed by atoms with Gasteiger partial charge in [0.1, 0.15) is 0 Å². The van der Waals surface area contributed by atoms with Crippen LogP contribution in [0.1, 0.15) is 15.9 Å². The maximum Gasteiger partial charge on any atom is 0.264 e. The maximum atomic E-state index is 13.0. The molecule has 0 radical (unpaired) electrons. The van der Waals surface area contributed by atoms with E-state index in [1.54, 1.807) is 6.07 Å². The Kier molecular flexibility index (Phi) is 5.77. The fraction of sp³-hybridized carbons (Fsp3) is 0.174. The molecule has 1 amide bonds. The van der Waals surface area contributed by atoms with Crippen LogP contribution >= 0.6 is 0 Å². The van der Waals surface area contributed by atoms with Crippen molar-refractivity contribution in [1.29, 1.82) is 0 Å². The first-order valence-corrected chi connectivity index (χ1v) is 11.2. The van der Waals surface area contributed by atoms with Crippen LogP contribution in [-0.4, -0.2) is 39.5 Å². The monoisotopic (exact) mass is 437 g/mol. The van der Waals surface area contributed by atoms with Crippen molar-refractivity contribution in [2.75, 3.05) is 30.9 Å². The minimum absolute atomic E-state index is 0.0220. The van der Waals surface area contributed by atoms with Gasteiger partial charge in [0.15, 0.2) is 0 Å². The van der Waals surface area contributed by atoms with E-state index >= 15 is 0 Å². The first kappa shape index (κ1) is 21.0. The second kappa shape index (κ2) is 8.50. The van der Waals surface area contributed by atoms with Gasteiger partial charge in [0, 0.05) is 24.8 Å². The quantitative estimate of drug-likeness (QED) is 0.593. The number of anilines is 3. The zero-order valence-electron chi connectivity index (χ0n) is 17.3. The van der Waals surface area contributed by atoms with E-state index < -0.39 is 15.9 Å². The molecule has 0 saturated heterocycles. The van der Waals surface area contributed by atoms with E-state index in [0.717, 1.165) is 28.8 Å². The zero-order chi connectivity index (χ0) is 22.0. The number of hydrogen-bond acceptors (Lipinski definition) is 5. The molecule has 0 fully saturated rings. The smallest absolute Gasteiger partial charge is 0.264 e. The largest absolute Gasteiger partial charge is 0.339 e. The average molecular weight is 438 g/mol. The van der Waals surface area contributed by atoms with Crippen LogP contribution in [0.2, 0.25) is 0 Å². The third-order valence-electron chi connectivity index (χ3n) is 5.32. The molecule has 0 saturated carbocycles. The lowest BCUT2D eigenvalue weighted by Crippen LogP contribution is -2.26. The summed E-state index contributed by atoms with van der Waals surface area (Å²) in [5.74, 6) is -0.392. The second-order valence-electron chi connectivity index (χ2n) is 7.13. The van der Waals surface area contributed by atoms with E-state index in [9.17, 15) is 13.2 Å². The van der Waals surface area contributed by atoms with Crippen molar-refractivity contribution in [3.8, 4) is 0 Å². The highest BCUT2D eigenvalue weighted by Crippen LogP contribution is 2.38. The number of rotatable bonds is 6. The second-order valence-corrected chi connectivity index (χ2v) is 9.06. The molecule has 31 heavy (non-hydrogen) atoms. The summed E-state index contributed by atoms with van der Waals surface area (Å²) in [5, 5.41) is 2.94. The molecule has 4 rings (SSSR count). The van der Waals surface area contributed by atoms with Crippen LogP contribution < -0.4 is 10.2 Å². The maximum absolute atomic E-state index is 13.0. The lowest BCUT2D eigenvalue weighted by Gasteiger charge is -2.23. The normalized spacial score (nSPS) is 13.3. The molecule has 1 aliphatic heterocycles. The number of benzene rings is 3. The number of nitrogens with one attached hydrogen (secondary N) is 1. The number of carbonyl (C=O) groups is 1. The molecule has 1 N–H and O–H groups in total. The molecule has 3 aromatic carbocycles. The highest BCUT2D eigenvalue weighted by Gasteiger charge is 2.24. The number of hydrogen-bond donors (Lipinski definition) is 1. The van der Waals surface area contributed by atoms with Crippen LogP contribution in [-0.2, 0) is 21.3 Å². The van der Waals surface area contributed by atoms with Crippen molar-refractivity contribution in [3.63, 3.8) is 0 Å². The lowest BCUT2D eigenvalue weighted by atomic mass is 10.1. The van der Waals surface area contributed by atoms with Crippen molar-refractivity contribution >= 4 is 33.0 Å². The van der Waals surface area contributed by atoms with Gasteiger partial charge in [-0.25, -0.2) is 8.42 Å². The van der Waals surface area contributed by atoms with E-state index in [1.807, 2.05) is 36.4 Å². The molecule has 0 aromatic heterocycles. The Morgan fingerprint density at radius 3 is 2.48 bits per heavy atom. The molecule has 0 unspecified atom stereocenters. The van der Waals surface area contributed by atoms with Gasteiger partial charge in [-0.05, 0) is 48.4 Å². The molecule has 3 aromatic rings. The van der Waals surface area contributed by atoms with Crippen molar-refractivity contribution in [3.05, 3.63) is 83.9 Å². The number of nitrogens with zero attached hydrogens (tertiary/aromatic N) is 2. The minimum atomic E-state index is -3.85. The van der Waals surface area contributed by atoms with Crippen LogP contribution in [0.4, 0.5) is 17.1 Å². The summed E-state index contributed by atoms with van der Waals surface area (Å²) in [7, 11) is -1.29. The van der Waals surface area contributed by atoms with E-state index in [-0.39, 0.29) is 10.5 Å². The van der Waals surface area contributed by atoms with Crippen LogP contribution in [0, 0.1) is 0 Å². The third-order valence-corrected chi connectivity index (χ3v) is 7.00. The fourth-order valence-corrected chi connectivity index (χ4v) is 4.66. The number of fused-ring (bicyclic) bond motifs is 1. The Balaban J connectivity index is 1.62. The number of hydroxylamine groups is 1. The van der Waals surface area contributed by atoms with E-state index in [4.69, 9.17) is 4.84 Å². The van der Waals surface area contributed by atoms with E-state index in [2.05, 4.69) is 22.3 Å². The average Bonchev–Trinajstić information content (AvgIpc) is 3.23. The van der Waals surface area contributed by atoms with Gasteiger partial charge in [0.25, 0.3) is 15.9 Å². The molecule has 0 atom stereocenters. The predicted octanol–water partition coefficient (Wildman–Crippen LogP) is 3.82. The number of sulfonamides is 1. The van der Waals surface area contributed by atoms with E-state index in [1.165, 1.54) is 37.9 Å². The highest BCUT2D eigenvalue weighted by molar-refractivity contribution is 7.89. The molecular formula is C23H23N3O4S. The third kappa shape index (κ3) is 4.05. The summed E-state index contributed by atoms with van der Waals surface area (Å²) in [4.78, 5) is 19.9. The Hall–Kier alpha value is -3.20. The highest BCUT2D eigenvalue weighted by atomic mass is 32.2. The molecule has 160 valence electrons. The summed E-state index contributed by atoms with van der Waals surface area (Å²) in [6.45, 7) is 0.823. The summed E-state index contributed by atoms with van der Waals surface area (Å²) >= 11 is 0. The van der Waals surface area contributed by atoms with Crippen molar-refractivity contribution < 1.29 is 18.0 Å². The van der Waals surface area contributed by atoms with Crippen LogP contribution in [0.3, 0.4) is 0 Å². The molecule has 0 spiro atoms. The Bertz CT molecular complexity index is 1230. The van der Waals surface area contributed by atoms with Crippen molar-refractivity contribution in [2.45, 2.75) is 11.3 Å². The first-order chi connectivity index (χ1) is 14.9. The molecule has 8 heteroatoms. The van der Waals surface area contributed by atoms with Gasteiger partial charge in [0.2, 0.25) is 0 Å². The lowest BCUT2D eigenvalue weighted by molar-refractivity contribution is -0.0258. The van der Waals surface area contributed by atoms with Gasteiger partial charge in [-0.15, -0.1) is 0 Å². The zero-order valence-corrected chi connectivity index (χ0v) is 18.1. The van der Waals surface area contributed by atoms with Crippen LogP contribution in [0.5, 0.6) is 0 Å². The van der Waals surface area contributed by atoms with Crippen LogP contribution in [0.15, 0.2) is 77.7 Å². The summed E-state index contributed by atoms with van der Waals surface area (Å²) in [5.41, 5.74) is 4.18. The summed E-state index contributed by atoms with van der Waals surface area (Å²) < 4.78 is 25.8. The molecule has 1 heterocycles. The van der Waals surface area contributed by atoms with Crippen molar-refractivity contribution in [1.82, 2.24) is 4.47 Å². The molecule has 0 aliphatic carbocycles. The van der Waals surface area contributed by atoms with Gasteiger partial charge in [-0.2, -0.15) is 0 Å². The van der Waals surface area contributed by atoms with Gasteiger partial charge >= 0.3 is 0 Å². The summed E-state index contributed by atoms with van der Waals surface area (Å²) in [6, 6.07) is 21.7. The standard InChI is InChI=1S/C23H23N3O4S/c1-25(30-2)31(28,29)19-10-7-9-18(16-19)23(27)24-20-11-4-6-13-22(20)26-15-14-17-8-3-5-12-21(17)26/h3-13,16H,14-15H2,1-2H3,(H,24,27). The Labute approximate surface area is 181 Å². The minimum Gasteiger partial charge on any atom is -0.339 e. The Morgan fingerprint density at radius 1 is 1.00 bits per heavy atom. The number of carbonyl (C=O) groups excluding carboxylic acids is 1. The van der Waals surface area contributed by atoms with Gasteiger partial charge in [-0.3, -0.25) is 9.63 Å². The predicted molar refractivity (Wildman–Crippen MR) is 120 cm³/mol. The topological polar surface area (TPSA) is 78.9 Å². The molecule has 0 bridgehead atoms. The molecular weight excluding hydrogens is 414 g/mol. The van der Waals surface area contributed by atoms with Crippen LogP contribution in [0.25, 0.3) is 0 Å². The van der Waals surface area contributed by atoms with Gasteiger partial charge in [-0.1, -0.05) is 40.9 Å². The Morgan fingerprint density at radius 2 is 1.71 bits per heavy atom. The van der Waals surface area contributed by atoms with Gasteiger partial charge in [0.05, 0.1) is 23.4 Å².